The van der Waals surface area contributed by atoms with E-state index in [1.165, 1.54) is 14.0 Å². The van der Waals surface area contributed by atoms with Gasteiger partial charge in [0.25, 0.3) is 5.91 Å². The molecular weight excluding hydrogens is 282 g/mol. The predicted molar refractivity (Wildman–Crippen MR) is 83.7 cm³/mol. The van der Waals surface area contributed by atoms with E-state index in [2.05, 4.69) is 0 Å². The monoisotopic (exact) mass is 307 g/mol. The number of hydrogen-bond donors (Lipinski definition) is 1. The summed E-state index contributed by atoms with van der Waals surface area (Å²) in [7, 11) is 1.24. The number of carbonyl (C=O) groups excluding carboxylic acids is 2. The molecule has 1 N–H and O–H groups in total. The molecule has 0 saturated carbocycles. The number of nitrogens with zero attached hydrogens (tertiary/aromatic N) is 1. The molecule has 1 aromatic rings. The molecule has 1 unspecified atom stereocenters. The number of aryl methyl sites for hydroxylation is 3. The number of ether oxygens (including phenoxy) is 1. The highest BCUT2D eigenvalue weighted by Gasteiger charge is 2.41. The quantitative estimate of drug-likeness (QED) is 0.516. The molecule has 1 aromatic carbocycles. The maximum atomic E-state index is 12.4. The first-order chi connectivity index (χ1) is 10.2. The number of esters is 1. The summed E-state index contributed by atoms with van der Waals surface area (Å²) in [5.74, 6) is -1.16. The van der Waals surface area contributed by atoms with Crippen molar-refractivity contribution in [3.63, 3.8) is 0 Å². The lowest BCUT2D eigenvalue weighted by molar-refractivity contribution is -0.204. The van der Waals surface area contributed by atoms with Crippen LogP contribution in [0.15, 0.2) is 12.1 Å². The molecule has 1 amide bonds. The van der Waals surface area contributed by atoms with Crippen molar-refractivity contribution < 1.29 is 19.5 Å². The van der Waals surface area contributed by atoms with Crippen molar-refractivity contribution >= 4 is 11.9 Å². The molecule has 0 aliphatic rings. The molecule has 122 valence electrons. The molecule has 5 nitrogen and oxygen atoms in total. The van der Waals surface area contributed by atoms with Crippen LogP contribution >= 0.6 is 0 Å². The Labute approximate surface area is 131 Å². The van der Waals surface area contributed by atoms with Crippen LogP contribution in [0.5, 0.6) is 0 Å². The standard InChI is InChI=1S/C17H25NO4/c1-7-17(5,16(20)22-6)18(21)15(19)10-14-12(3)8-11(2)9-13(14)4/h8-9,21H,7,10H2,1-6H3. The van der Waals surface area contributed by atoms with Crippen LogP contribution in [0.2, 0.25) is 0 Å². The second-order valence-corrected chi connectivity index (χ2v) is 5.88. The van der Waals surface area contributed by atoms with Gasteiger partial charge in [-0.05, 0) is 50.8 Å². The zero-order chi connectivity index (χ0) is 17.1. The fourth-order valence-electron chi connectivity index (χ4n) is 2.59. The first-order valence-electron chi connectivity index (χ1n) is 7.34. The average molecular weight is 307 g/mol. The molecule has 0 aliphatic heterocycles. The number of methoxy groups -OCH3 is 1. The minimum atomic E-state index is -1.38. The van der Waals surface area contributed by atoms with Gasteiger partial charge in [-0.3, -0.25) is 10.0 Å². The topological polar surface area (TPSA) is 66.8 Å². The van der Waals surface area contributed by atoms with Crippen molar-refractivity contribution in [2.45, 2.75) is 53.0 Å². The Hall–Kier alpha value is -1.88. The molecule has 0 saturated heterocycles. The molecule has 0 heterocycles. The zero-order valence-electron chi connectivity index (χ0n) is 14.2. The van der Waals surface area contributed by atoms with E-state index in [-0.39, 0.29) is 12.8 Å². The van der Waals surface area contributed by atoms with E-state index in [4.69, 9.17) is 4.74 Å². The van der Waals surface area contributed by atoms with E-state index >= 15 is 0 Å². The lowest BCUT2D eigenvalue weighted by Gasteiger charge is -2.33. The van der Waals surface area contributed by atoms with Crippen molar-refractivity contribution in [2.75, 3.05) is 7.11 Å². The van der Waals surface area contributed by atoms with Crippen molar-refractivity contribution in [3.8, 4) is 0 Å². The summed E-state index contributed by atoms with van der Waals surface area (Å²) in [5.41, 5.74) is 2.61. The fourth-order valence-corrected chi connectivity index (χ4v) is 2.59. The SMILES string of the molecule is CCC(C)(C(=O)OC)N(O)C(=O)Cc1c(C)cc(C)cc1C. The Bertz CT molecular complexity index is 559. The lowest BCUT2D eigenvalue weighted by atomic mass is 9.95. The molecule has 0 bridgehead atoms. The fraction of sp³-hybridized carbons (Fsp3) is 0.529. The van der Waals surface area contributed by atoms with Gasteiger partial charge in [0.05, 0.1) is 13.5 Å². The summed E-state index contributed by atoms with van der Waals surface area (Å²) < 4.78 is 4.70. The second kappa shape index (κ2) is 6.92. The Morgan fingerprint density at radius 3 is 2.14 bits per heavy atom. The highest BCUT2D eigenvalue weighted by Crippen LogP contribution is 2.23. The van der Waals surface area contributed by atoms with Gasteiger partial charge in [0.2, 0.25) is 0 Å². The first kappa shape index (κ1) is 18.2. The molecule has 0 aromatic heterocycles. The van der Waals surface area contributed by atoms with Crippen LogP contribution in [0.1, 0.15) is 42.5 Å². The summed E-state index contributed by atoms with van der Waals surface area (Å²) >= 11 is 0. The molecule has 5 heteroatoms. The van der Waals surface area contributed by atoms with Gasteiger partial charge in [0.15, 0.2) is 5.54 Å². The maximum Gasteiger partial charge on any atom is 0.334 e. The van der Waals surface area contributed by atoms with Gasteiger partial charge in [-0.1, -0.05) is 24.6 Å². The molecule has 1 rings (SSSR count). The molecule has 22 heavy (non-hydrogen) atoms. The van der Waals surface area contributed by atoms with Gasteiger partial charge in [-0.25, -0.2) is 9.86 Å². The van der Waals surface area contributed by atoms with Gasteiger partial charge in [0.1, 0.15) is 0 Å². The number of carbonyl (C=O) groups is 2. The van der Waals surface area contributed by atoms with Crippen molar-refractivity contribution in [1.29, 1.82) is 0 Å². The normalized spacial score (nSPS) is 13.4. The Morgan fingerprint density at radius 2 is 1.73 bits per heavy atom. The van der Waals surface area contributed by atoms with Crippen LogP contribution in [0, 0.1) is 20.8 Å². The number of hydrogen-bond acceptors (Lipinski definition) is 4. The number of rotatable bonds is 5. The van der Waals surface area contributed by atoms with Crippen LogP contribution in [0.3, 0.4) is 0 Å². The number of amides is 1. The van der Waals surface area contributed by atoms with Gasteiger partial charge in [0, 0.05) is 0 Å². The summed E-state index contributed by atoms with van der Waals surface area (Å²) in [6.45, 7) is 9.07. The predicted octanol–water partition coefficient (Wildman–Crippen LogP) is 2.71. The van der Waals surface area contributed by atoms with Gasteiger partial charge < -0.3 is 4.74 Å². The summed E-state index contributed by atoms with van der Waals surface area (Å²) in [5, 5.41) is 10.7. The third kappa shape index (κ3) is 3.47. The third-order valence-electron chi connectivity index (χ3n) is 4.19. The minimum absolute atomic E-state index is 0.0427. The van der Waals surface area contributed by atoms with E-state index in [1.807, 2.05) is 32.9 Å². The molecule has 1 atom stereocenters. The molecule has 0 radical (unpaired) electrons. The summed E-state index contributed by atoms with van der Waals surface area (Å²) in [6.07, 6.45) is 0.300. The van der Waals surface area contributed by atoms with E-state index in [9.17, 15) is 14.8 Å². The van der Waals surface area contributed by atoms with Crippen molar-refractivity contribution in [2.24, 2.45) is 0 Å². The van der Waals surface area contributed by atoms with E-state index in [0.717, 1.165) is 22.3 Å². The molecule has 0 spiro atoms. The largest absolute Gasteiger partial charge is 0.467 e. The highest BCUT2D eigenvalue weighted by molar-refractivity contribution is 5.88. The van der Waals surface area contributed by atoms with Crippen LogP contribution in [0.25, 0.3) is 0 Å². The van der Waals surface area contributed by atoms with Gasteiger partial charge in [-0.15, -0.1) is 0 Å². The summed E-state index contributed by atoms with van der Waals surface area (Å²) in [6, 6.07) is 3.99. The van der Waals surface area contributed by atoms with Crippen LogP contribution in [0.4, 0.5) is 0 Å². The van der Waals surface area contributed by atoms with Gasteiger partial charge >= 0.3 is 5.97 Å². The van der Waals surface area contributed by atoms with Gasteiger partial charge in [-0.2, -0.15) is 0 Å². The highest BCUT2D eigenvalue weighted by atomic mass is 16.6. The Morgan fingerprint density at radius 1 is 1.23 bits per heavy atom. The molecule has 0 aliphatic carbocycles. The van der Waals surface area contributed by atoms with Crippen molar-refractivity contribution in [3.05, 3.63) is 34.4 Å². The lowest BCUT2D eigenvalue weighted by Crippen LogP contribution is -2.54. The van der Waals surface area contributed by atoms with Crippen molar-refractivity contribution in [1.82, 2.24) is 5.06 Å². The minimum Gasteiger partial charge on any atom is -0.467 e. The molecule has 0 fully saturated rings. The Kier molecular flexibility index (Phi) is 5.72. The van der Waals surface area contributed by atoms with Crippen LogP contribution in [-0.2, 0) is 20.7 Å². The zero-order valence-corrected chi connectivity index (χ0v) is 14.2. The maximum absolute atomic E-state index is 12.4. The Balaban J connectivity index is 3.05. The molecular formula is C17H25NO4. The van der Waals surface area contributed by atoms with Crippen LogP contribution in [-0.4, -0.2) is 34.8 Å². The second-order valence-electron chi connectivity index (χ2n) is 5.88. The number of benzene rings is 1. The summed E-state index contributed by atoms with van der Waals surface area (Å²) in [4.78, 5) is 24.3. The van der Waals surface area contributed by atoms with E-state index in [0.29, 0.717) is 5.06 Å². The smallest absolute Gasteiger partial charge is 0.334 e. The third-order valence-corrected chi connectivity index (χ3v) is 4.19. The first-order valence-corrected chi connectivity index (χ1v) is 7.34. The number of hydroxylamine groups is 2. The van der Waals surface area contributed by atoms with E-state index in [1.54, 1.807) is 6.92 Å². The van der Waals surface area contributed by atoms with Crippen LogP contribution < -0.4 is 0 Å². The average Bonchev–Trinajstić information content (AvgIpc) is 2.47. The van der Waals surface area contributed by atoms with E-state index < -0.39 is 17.4 Å².